The Labute approximate surface area is 226 Å². The van der Waals surface area contributed by atoms with Gasteiger partial charge in [0.25, 0.3) is 5.91 Å². The molecular formula is C28H35FN6O4. The summed E-state index contributed by atoms with van der Waals surface area (Å²) in [5.41, 5.74) is 0.680. The van der Waals surface area contributed by atoms with Gasteiger partial charge in [0, 0.05) is 48.8 Å². The number of aromatic amines is 1. The van der Waals surface area contributed by atoms with E-state index < -0.39 is 5.82 Å². The third kappa shape index (κ3) is 4.21. The first-order valence-electron chi connectivity index (χ1n) is 14.2. The number of carbonyl (C=O) groups is 2. The molecule has 2 N–H and O–H groups in total. The van der Waals surface area contributed by atoms with Gasteiger partial charge in [0.05, 0.1) is 37.3 Å². The Morgan fingerprint density at radius 2 is 2.05 bits per heavy atom. The maximum absolute atomic E-state index is 14.4. The van der Waals surface area contributed by atoms with Crippen LogP contribution in [0.2, 0.25) is 0 Å². The van der Waals surface area contributed by atoms with Crippen LogP contribution in [-0.2, 0) is 9.53 Å². The molecule has 3 saturated heterocycles. The van der Waals surface area contributed by atoms with E-state index in [1.807, 2.05) is 4.90 Å². The number of hydrogen-bond acceptors (Lipinski definition) is 7. The Morgan fingerprint density at radius 1 is 1.21 bits per heavy atom. The molecule has 7 rings (SSSR count). The Kier molecular flexibility index (Phi) is 5.93. The molecule has 5 heterocycles. The number of ether oxygens (including phenoxy) is 2. The summed E-state index contributed by atoms with van der Waals surface area (Å²) >= 11 is 0. The molecule has 0 unspecified atom stereocenters. The molecule has 208 valence electrons. The molecule has 2 spiro atoms. The first kappa shape index (κ1) is 25.0. The molecule has 11 heteroatoms. The topological polar surface area (TPSA) is 113 Å². The van der Waals surface area contributed by atoms with Crippen molar-refractivity contribution in [2.75, 3.05) is 33.4 Å². The number of hydrogen-bond donors (Lipinski definition) is 2. The van der Waals surface area contributed by atoms with Crippen LogP contribution in [0.5, 0.6) is 5.88 Å². The number of carbonyl (C=O) groups excluding carboxylic acids is 2. The second kappa shape index (κ2) is 9.26. The number of halogens is 1. The summed E-state index contributed by atoms with van der Waals surface area (Å²) in [6, 6.07) is 3.73. The second-order valence-electron chi connectivity index (χ2n) is 12.0. The quantitative estimate of drug-likeness (QED) is 0.581. The van der Waals surface area contributed by atoms with Gasteiger partial charge in [0.15, 0.2) is 11.5 Å². The maximum atomic E-state index is 14.4. The lowest BCUT2D eigenvalue weighted by atomic mass is 9.70. The minimum absolute atomic E-state index is 0.0938. The molecule has 2 aliphatic carbocycles. The highest BCUT2D eigenvalue weighted by molar-refractivity contribution is 5.94. The van der Waals surface area contributed by atoms with Crippen molar-refractivity contribution >= 4 is 11.8 Å². The lowest BCUT2D eigenvalue weighted by Crippen LogP contribution is -2.68. The van der Waals surface area contributed by atoms with Crippen molar-refractivity contribution < 1.29 is 23.5 Å². The molecule has 2 aromatic heterocycles. The average Bonchev–Trinajstić information content (AvgIpc) is 3.26. The lowest BCUT2D eigenvalue weighted by Gasteiger charge is -2.58. The molecule has 2 aromatic rings. The third-order valence-corrected chi connectivity index (χ3v) is 9.81. The van der Waals surface area contributed by atoms with Crippen LogP contribution < -0.4 is 10.1 Å². The zero-order valence-corrected chi connectivity index (χ0v) is 22.2. The number of nitrogens with one attached hydrogen (secondary N) is 2. The number of H-pyrrole nitrogens is 1. The minimum Gasteiger partial charge on any atom is -0.481 e. The molecule has 0 bridgehead atoms. The molecular weight excluding hydrogens is 503 g/mol. The Hall–Kier alpha value is -3.05. The summed E-state index contributed by atoms with van der Waals surface area (Å²) in [5.74, 6) is -0.417. The standard InChI is InChI=1S/C28H35FN6O4/c1-38-24-11-19(20(29)14-30-24)21-12-22(33-32-21)26(37)35-10-3-17(13-27(35)7-8-27)25(36)31-18-4-9-34(15-18)23-16-39-28(23)5-2-6-28/h11-12,14,17-18,23H,2-10,13,15-16H2,1H3,(H,31,36)(H,32,33)/t17-,18+,23-/m0/s1. The lowest BCUT2D eigenvalue weighted by molar-refractivity contribution is -0.246. The number of likely N-dealkylation sites (tertiary alicyclic amines) is 2. The fraction of sp³-hybridized carbons (Fsp3) is 0.643. The number of aromatic nitrogens is 3. The molecule has 2 amide bonds. The van der Waals surface area contributed by atoms with Crippen LogP contribution in [0.1, 0.15) is 61.9 Å². The summed E-state index contributed by atoms with van der Waals surface area (Å²) in [5, 5.41) is 10.3. The van der Waals surface area contributed by atoms with Gasteiger partial charge >= 0.3 is 0 Å². The molecule has 5 fully saturated rings. The number of rotatable bonds is 6. The molecule has 3 atom stereocenters. The maximum Gasteiger partial charge on any atom is 0.274 e. The highest BCUT2D eigenvalue weighted by Gasteiger charge is 2.56. The summed E-state index contributed by atoms with van der Waals surface area (Å²) < 4.78 is 25.4. The third-order valence-electron chi connectivity index (χ3n) is 9.81. The first-order valence-corrected chi connectivity index (χ1v) is 14.2. The number of nitrogens with zero attached hydrogens (tertiary/aromatic N) is 4. The van der Waals surface area contributed by atoms with Crippen LogP contribution in [0.15, 0.2) is 18.3 Å². The summed E-state index contributed by atoms with van der Waals surface area (Å²) in [6.45, 7) is 3.24. The monoisotopic (exact) mass is 538 g/mol. The Bertz CT molecular complexity index is 1290. The Morgan fingerprint density at radius 3 is 2.74 bits per heavy atom. The van der Waals surface area contributed by atoms with E-state index in [1.165, 1.54) is 32.4 Å². The van der Waals surface area contributed by atoms with Crippen LogP contribution in [-0.4, -0.2) is 93.4 Å². The summed E-state index contributed by atoms with van der Waals surface area (Å²) in [7, 11) is 1.46. The molecule has 0 radical (unpaired) electrons. The highest BCUT2D eigenvalue weighted by Crippen LogP contribution is 2.51. The van der Waals surface area contributed by atoms with Crippen LogP contribution in [0, 0.1) is 11.7 Å². The van der Waals surface area contributed by atoms with Crippen molar-refractivity contribution in [1.82, 2.24) is 30.3 Å². The van der Waals surface area contributed by atoms with Gasteiger partial charge in [-0.05, 0) is 57.4 Å². The van der Waals surface area contributed by atoms with E-state index in [0.717, 1.165) is 45.2 Å². The van der Waals surface area contributed by atoms with Crippen molar-refractivity contribution in [2.24, 2.45) is 5.92 Å². The smallest absolute Gasteiger partial charge is 0.274 e. The van der Waals surface area contributed by atoms with Gasteiger partial charge in [-0.25, -0.2) is 9.37 Å². The van der Waals surface area contributed by atoms with Gasteiger partial charge in [-0.2, -0.15) is 5.10 Å². The molecule has 2 saturated carbocycles. The zero-order chi connectivity index (χ0) is 26.8. The SMILES string of the molecule is COc1cc(-c2cc(C(=O)N3CC[C@H](C(=O)N[C@@H]4CCN([C@H]5COC56CCC6)C4)CC34CC4)n[nH]2)c(F)cn1. The van der Waals surface area contributed by atoms with E-state index in [-0.39, 0.29) is 52.1 Å². The molecule has 3 aliphatic heterocycles. The average molecular weight is 539 g/mol. The van der Waals surface area contributed by atoms with Crippen LogP contribution in [0.25, 0.3) is 11.3 Å². The number of methoxy groups -OCH3 is 1. The van der Waals surface area contributed by atoms with Gasteiger partial charge in [-0.3, -0.25) is 19.6 Å². The van der Waals surface area contributed by atoms with Gasteiger partial charge in [0.2, 0.25) is 11.8 Å². The van der Waals surface area contributed by atoms with E-state index >= 15 is 0 Å². The summed E-state index contributed by atoms with van der Waals surface area (Å²) in [4.78, 5) is 35.0. The van der Waals surface area contributed by atoms with Gasteiger partial charge < -0.3 is 19.7 Å². The number of piperidine rings is 1. The van der Waals surface area contributed by atoms with E-state index in [1.54, 1.807) is 6.07 Å². The normalized spacial score (nSPS) is 28.7. The molecule has 5 aliphatic rings. The number of amides is 2. The zero-order valence-electron chi connectivity index (χ0n) is 22.2. The van der Waals surface area contributed by atoms with E-state index in [0.29, 0.717) is 31.1 Å². The molecule has 10 nitrogen and oxygen atoms in total. The van der Waals surface area contributed by atoms with E-state index in [4.69, 9.17) is 9.47 Å². The van der Waals surface area contributed by atoms with Crippen LogP contribution in [0.4, 0.5) is 4.39 Å². The van der Waals surface area contributed by atoms with Crippen molar-refractivity contribution in [3.8, 4) is 17.1 Å². The van der Waals surface area contributed by atoms with Crippen molar-refractivity contribution in [3.63, 3.8) is 0 Å². The Balaban J connectivity index is 0.968. The largest absolute Gasteiger partial charge is 0.481 e. The fourth-order valence-electron chi connectivity index (χ4n) is 7.14. The van der Waals surface area contributed by atoms with Crippen molar-refractivity contribution in [2.45, 2.75) is 74.6 Å². The highest BCUT2D eigenvalue weighted by atomic mass is 19.1. The van der Waals surface area contributed by atoms with Gasteiger partial charge in [-0.1, -0.05) is 0 Å². The van der Waals surface area contributed by atoms with Gasteiger partial charge in [0.1, 0.15) is 0 Å². The second-order valence-corrected chi connectivity index (χ2v) is 12.0. The van der Waals surface area contributed by atoms with Crippen molar-refractivity contribution in [1.29, 1.82) is 0 Å². The van der Waals surface area contributed by atoms with E-state index in [9.17, 15) is 14.0 Å². The predicted octanol–water partition coefficient (Wildman–Crippen LogP) is 2.52. The van der Waals surface area contributed by atoms with Crippen molar-refractivity contribution in [3.05, 3.63) is 29.8 Å². The molecule has 0 aromatic carbocycles. The van der Waals surface area contributed by atoms with Crippen LogP contribution >= 0.6 is 0 Å². The minimum atomic E-state index is -0.530. The van der Waals surface area contributed by atoms with E-state index in [2.05, 4.69) is 25.4 Å². The number of pyridine rings is 1. The van der Waals surface area contributed by atoms with Crippen LogP contribution in [0.3, 0.4) is 0 Å². The fourth-order valence-corrected chi connectivity index (χ4v) is 7.14. The first-order chi connectivity index (χ1) is 18.9. The predicted molar refractivity (Wildman–Crippen MR) is 138 cm³/mol. The van der Waals surface area contributed by atoms with Gasteiger partial charge in [-0.15, -0.1) is 0 Å². The summed E-state index contributed by atoms with van der Waals surface area (Å²) in [6.07, 6.45) is 8.73. The molecule has 39 heavy (non-hydrogen) atoms.